The molecule has 3 heteroatoms. The third-order valence-corrected chi connectivity index (χ3v) is 2.53. The fourth-order valence-corrected chi connectivity index (χ4v) is 1.69. The van der Waals surface area contributed by atoms with E-state index in [1.807, 2.05) is 0 Å². The van der Waals surface area contributed by atoms with E-state index in [4.69, 9.17) is 4.42 Å². The zero-order valence-electron chi connectivity index (χ0n) is 8.58. The smallest absolute Gasteiger partial charge is 0.222 e. The summed E-state index contributed by atoms with van der Waals surface area (Å²) in [5, 5.41) is 0. The molecule has 0 aliphatic heterocycles. The van der Waals surface area contributed by atoms with Crippen LogP contribution in [0.1, 0.15) is 47.1 Å². The molecule has 3 nitrogen and oxygen atoms in total. The monoisotopic (exact) mass is 204 g/mol. The lowest BCUT2D eigenvalue weighted by Gasteiger charge is -2.09. The number of rotatable bonds is 3. The number of Topliss-reactive ketones (excluding diaryl/α,β-unsaturated/α-hetero) is 1. The number of furan rings is 1. The van der Waals surface area contributed by atoms with Gasteiger partial charge in [-0.3, -0.25) is 9.59 Å². The summed E-state index contributed by atoms with van der Waals surface area (Å²) >= 11 is 0. The zero-order valence-corrected chi connectivity index (χ0v) is 8.58. The predicted octanol–water partition coefficient (Wildman–Crippen LogP) is 2.78. The maximum Gasteiger partial charge on any atom is 0.222 e. The highest BCUT2D eigenvalue weighted by Crippen LogP contribution is 2.24. The summed E-state index contributed by atoms with van der Waals surface area (Å²) in [6.07, 6.45) is 5.40. The van der Waals surface area contributed by atoms with Gasteiger partial charge in [0.15, 0.2) is 11.5 Å². The van der Waals surface area contributed by atoms with Crippen molar-refractivity contribution in [3.8, 4) is 0 Å². The lowest BCUT2D eigenvalue weighted by molar-refractivity contribution is 0.0964. The highest BCUT2D eigenvalue weighted by atomic mass is 16.3. The third kappa shape index (κ3) is 1.65. The molecular weight excluding hydrogens is 192 g/mol. The van der Waals surface area contributed by atoms with Gasteiger partial charge >= 0.3 is 0 Å². The van der Waals surface area contributed by atoms with Gasteiger partial charge in [-0.05, 0) is 25.0 Å². The van der Waals surface area contributed by atoms with E-state index in [-0.39, 0.29) is 17.3 Å². The van der Waals surface area contributed by atoms with E-state index < -0.39 is 0 Å². The number of carbonyl (C=O) groups is 2. The first kappa shape index (κ1) is 9.90. The molecule has 0 saturated heterocycles. The quantitative estimate of drug-likeness (QED) is 0.760. The van der Waals surface area contributed by atoms with Gasteiger partial charge in [0.2, 0.25) is 5.78 Å². The highest BCUT2D eigenvalue weighted by molar-refractivity contribution is 6.23. The van der Waals surface area contributed by atoms with Crippen molar-refractivity contribution in [1.29, 1.82) is 0 Å². The Morgan fingerprint density at radius 1 is 1.33 bits per heavy atom. The van der Waals surface area contributed by atoms with Crippen molar-refractivity contribution in [2.45, 2.75) is 26.2 Å². The normalized spacial score (nSPS) is 15.1. The van der Waals surface area contributed by atoms with E-state index in [0.29, 0.717) is 17.6 Å². The van der Waals surface area contributed by atoms with Gasteiger partial charge in [-0.25, -0.2) is 0 Å². The number of allylic oxidation sites excluding steroid dienone is 2. The van der Waals surface area contributed by atoms with Gasteiger partial charge in [-0.1, -0.05) is 13.3 Å². The summed E-state index contributed by atoms with van der Waals surface area (Å²) in [7, 11) is 0. The van der Waals surface area contributed by atoms with E-state index in [1.165, 1.54) is 12.3 Å². The Morgan fingerprint density at radius 2 is 2.13 bits per heavy atom. The molecule has 1 aromatic heterocycles. The Morgan fingerprint density at radius 3 is 2.87 bits per heavy atom. The first-order valence-corrected chi connectivity index (χ1v) is 5.11. The van der Waals surface area contributed by atoms with E-state index in [9.17, 15) is 9.59 Å². The van der Waals surface area contributed by atoms with Crippen LogP contribution in [0.4, 0.5) is 0 Å². The summed E-state index contributed by atoms with van der Waals surface area (Å²) < 4.78 is 4.98. The molecule has 1 aliphatic carbocycles. The van der Waals surface area contributed by atoms with Crippen LogP contribution in [0.5, 0.6) is 0 Å². The van der Waals surface area contributed by atoms with Crippen molar-refractivity contribution in [1.82, 2.24) is 0 Å². The molecule has 0 radical (unpaired) electrons. The Bertz CT molecular complexity index is 437. The molecule has 0 saturated carbocycles. The van der Waals surface area contributed by atoms with E-state index in [1.54, 1.807) is 6.07 Å². The van der Waals surface area contributed by atoms with E-state index in [0.717, 1.165) is 12.8 Å². The molecule has 0 unspecified atom stereocenters. The van der Waals surface area contributed by atoms with Gasteiger partial charge < -0.3 is 4.42 Å². The molecule has 0 N–H and O–H groups in total. The molecule has 15 heavy (non-hydrogen) atoms. The average molecular weight is 204 g/mol. The van der Waals surface area contributed by atoms with Crippen LogP contribution in [0, 0.1) is 0 Å². The fraction of sp³-hybridized carbons (Fsp3) is 0.333. The number of hydrogen-bond acceptors (Lipinski definition) is 3. The molecule has 0 spiro atoms. The molecule has 2 rings (SSSR count). The van der Waals surface area contributed by atoms with Gasteiger partial charge in [0.1, 0.15) is 0 Å². The second kappa shape index (κ2) is 3.85. The molecule has 1 aromatic rings. The van der Waals surface area contributed by atoms with Crippen molar-refractivity contribution in [3.05, 3.63) is 35.3 Å². The van der Waals surface area contributed by atoms with Crippen molar-refractivity contribution < 1.29 is 14.0 Å². The summed E-state index contributed by atoms with van der Waals surface area (Å²) in [6, 6.07) is 1.56. The minimum atomic E-state index is -0.194. The fourth-order valence-electron chi connectivity index (χ4n) is 1.69. The summed E-state index contributed by atoms with van der Waals surface area (Å²) in [5.74, 6) is -0.0762. The maximum absolute atomic E-state index is 11.8. The Hall–Kier alpha value is -1.64. The maximum atomic E-state index is 11.8. The van der Waals surface area contributed by atoms with Gasteiger partial charge in [-0.15, -0.1) is 0 Å². The third-order valence-electron chi connectivity index (χ3n) is 2.53. The molecule has 1 heterocycles. The van der Waals surface area contributed by atoms with E-state index >= 15 is 0 Å². The van der Waals surface area contributed by atoms with Crippen LogP contribution < -0.4 is 0 Å². The van der Waals surface area contributed by atoms with Crippen LogP contribution in [0.25, 0.3) is 0 Å². The molecule has 0 atom stereocenters. The summed E-state index contributed by atoms with van der Waals surface area (Å²) in [6.45, 7) is 2.05. The minimum Gasteiger partial charge on any atom is -0.460 e. The van der Waals surface area contributed by atoms with Crippen LogP contribution in [0.3, 0.4) is 0 Å². The molecular formula is C12H12O3. The average Bonchev–Trinajstić information content (AvgIpc) is 2.70. The first-order chi connectivity index (χ1) is 7.24. The number of unbranched alkanes of at least 4 members (excludes halogenated alkanes) is 1. The van der Waals surface area contributed by atoms with Crippen molar-refractivity contribution in [2.75, 3.05) is 0 Å². The molecule has 0 fully saturated rings. The van der Waals surface area contributed by atoms with Crippen LogP contribution in [-0.2, 0) is 0 Å². The van der Waals surface area contributed by atoms with Gasteiger partial charge in [-0.2, -0.15) is 0 Å². The number of carbonyl (C=O) groups excluding carboxylic acids is 2. The topological polar surface area (TPSA) is 47.3 Å². The summed E-state index contributed by atoms with van der Waals surface area (Å²) in [5.41, 5.74) is 1.02. The van der Waals surface area contributed by atoms with Crippen LogP contribution in [-0.4, -0.2) is 11.6 Å². The first-order valence-electron chi connectivity index (χ1n) is 5.11. The second-order valence-corrected chi connectivity index (χ2v) is 3.63. The van der Waals surface area contributed by atoms with Crippen LogP contribution in [0.2, 0.25) is 0 Å². The number of hydrogen-bond donors (Lipinski definition) is 0. The van der Waals surface area contributed by atoms with Crippen LogP contribution in [0.15, 0.2) is 28.4 Å². The van der Waals surface area contributed by atoms with Crippen molar-refractivity contribution >= 4 is 11.6 Å². The standard InChI is InChI=1S/C12H12O3/c1-2-3-4-8-7-10(13)12-9(11(8)14)5-6-15-12/h5-7H,2-4H2,1H3. The SMILES string of the molecule is CCCCC1=CC(=O)c2occc2C1=O. The van der Waals surface area contributed by atoms with Gasteiger partial charge in [0, 0.05) is 5.57 Å². The zero-order chi connectivity index (χ0) is 10.8. The lowest BCUT2D eigenvalue weighted by Crippen LogP contribution is -2.14. The molecule has 1 aliphatic rings. The minimum absolute atomic E-state index is 0.0631. The van der Waals surface area contributed by atoms with Gasteiger partial charge in [0.05, 0.1) is 11.8 Å². The lowest BCUT2D eigenvalue weighted by atomic mass is 9.92. The Balaban J connectivity index is 2.30. The molecule has 0 bridgehead atoms. The Kier molecular flexibility index (Phi) is 2.54. The number of fused-ring (bicyclic) bond motifs is 1. The highest BCUT2D eigenvalue weighted by Gasteiger charge is 2.27. The van der Waals surface area contributed by atoms with Crippen molar-refractivity contribution in [2.24, 2.45) is 0 Å². The predicted molar refractivity (Wildman–Crippen MR) is 55.0 cm³/mol. The van der Waals surface area contributed by atoms with Crippen molar-refractivity contribution in [3.63, 3.8) is 0 Å². The molecule has 0 aromatic carbocycles. The number of ketones is 2. The van der Waals surface area contributed by atoms with E-state index in [2.05, 4.69) is 6.92 Å². The molecule has 0 amide bonds. The summed E-state index contributed by atoms with van der Waals surface area (Å²) in [4.78, 5) is 23.4. The molecule has 78 valence electrons. The van der Waals surface area contributed by atoms with Crippen LogP contribution >= 0.6 is 0 Å². The largest absolute Gasteiger partial charge is 0.460 e. The second-order valence-electron chi connectivity index (χ2n) is 3.63. The van der Waals surface area contributed by atoms with Gasteiger partial charge in [0.25, 0.3) is 0 Å². The Labute approximate surface area is 87.8 Å².